The van der Waals surface area contributed by atoms with E-state index in [0.29, 0.717) is 12.1 Å². The summed E-state index contributed by atoms with van der Waals surface area (Å²) < 4.78 is 65.5. The number of carbonyl (C=O) groups is 2. The highest BCUT2D eigenvalue weighted by molar-refractivity contribution is 5.99. The summed E-state index contributed by atoms with van der Waals surface area (Å²) in [7, 11) is 0. The van der Waals surface area contributed by atoms with Gasteiger partial charge in [0, 0.05) is 0 Å². The maximum atomic E-state index is 13.4. The smallest absolute Gasteiger partial charge is 0.254 e. The van der Waals surface area contributed by atoms with E-state index in [1.807, 2.05) is 10.6 Å². The molecule has 9 heteroatoms. The summed E-state index contributed by atoms with van der Waals surface area (Å²) in [6, 6.07) is 3.58. The third kappa shape index (κ3) is 3.86. The van der Waals surface area contributed by atoms with Crippen molar-refractivity contribution in [1.82, 2.24) is 5.32 Å². The van der Waals surface area contributed by atoms with Crippen LogP contribution in [-0.4, -0.2) is 18.4 Å². The van der Waals surface area contributed by atoms with Gasteiger partial charge in [0.15, 0.2) is 17.5 Å². The molecule has 0 aromatic heterocycles. The SMILES string of the molecule is O=C(CNC(=O)c1cc(F)ccc1F)Nc1ccc(F)c(F)c1F. The van der Waals surface area contributed by atoms with E-state index in [1.165, 1.54) is 0 Å². The van der Waals surface area contributed by atoms with Gasteiger partial charge in [-0.1, -0.05) is 0 Å². The monoisotopic (exact) mass is 344 g/mol. The van der Waals surface area contributed by atoms with Crippen LogP contribution in [0.25, 0.3) is 0 Å². The standard InChI is InChI=1S/C15H9F5N2O2/c16-7-1-2-9(17)8(5-7)15(24)21-6-12(23)22-11-4-3-10(18)13(19)14(11)20/h1-5H,6H2,(H,21,24)(H,22,23). The predicted octanol–water partition coefficient (Wildman–Crippen LogP) is 2.75. The van der Waals surface area contributed by atoms with Crippen molar-refractivity contribution >= 4 is 17.5 Å². The largest absolute Gasteiger partial charge is 0.343 e. The summed E-state index contributed by atoms with van der Waals surface area (Å²) in [6.45, 7) is -0.729. The molecule has 0 fully saturated rings. The molecule has 2 N–H and O–H groups in total. The summed E-state index contributed by atoms with van der Waals surface area (Å²) in [5.74, 6) is -8.71. The van der Waals surface area contributed by atoms with Crippen molar-refractivity contribution in [2.45, 2.75) is 0 Å². The zero-order valence-electron chi connectivity index (χ0n) is 11.8. The van der Waals surface area contributed by atoms with E-state index in [1.54, 1.807) is 0 Å². The van der Waals surface area contributed by atoms with Crippen LogP contribution in [0.5, 0.6) is 0 Å². The maximum absolute atomic E-state index is 13.4. The molecule has 0 aliphatic rings. The number of rotatable bonds is 4. The first-order valence-corrected chi connectivity index (χ1v) is 6.46. The fraction of sp³-hybridized carbons (Fsp3) is 0.0667. The van der Waals surface area contributed by atoms with Gasteiger partial charge >= 0.3 is 0 Å². The Morgan fingerprint density at radius 3 is 2.25 bits per heavy atom. The van der Waals surface area contributed by atoms with Gasteiger partial charge in [-0.25, -0.2) is 22.0 Å². The second-order valence-corrected chi connectivity index (χ2v) is 4.58. The molecule has 0 aliphatic heterocycles. The van der Waals surface area contributed by atoms with Gasteiger partial charge in [-0.15, -0.1) is 0 Å². The van der Waals surface area contributed by atoms with Gasteiger partial charge in [-0.05, 0) is 30.3 Å². The van der Waals surface area contributed by atoms with Gasteiger partial charge in [0.2, 0.25) is 5.91 Å². The third-order valence-electron chi connectivity index (χ3n) is 2.89. The van der Waals surface area contributed by atoms with Crippen molar-refractivity contribution in [3.63, 3.8) is 0 Å². The van der Waals surface area contributed by atoms with Crippen LogP contribution >= 0.6 is 0 Å². The molecule has 0 unspecified atom stereocenters. The van der Waals surface area contributed by atoms with Crippen molar-refractivity contribution in [2.75, 3.05) is 11.9 Å². The van der Waals surface area contributed by atoms with Gasteiger partial charge in [0.1, 0.15) is 11.6 Å². The summed E-state index contributed by atoms with van der Waals surface area (Å²) in [5.41, 5.74) is -1.26. The lowest BCUT2D eigenvalue weighted by Gasteiger charge is -2.09. The first-order valence-electron chi connectivity index (χ1n) is 6.46. The number of hydrogen-bond donors (Lipinski definition) is 2. The third-order valence-corrected chi connectivity index (χ3v) is 2.89. The van der Waals surface area contributed by atoms with E-state index in [-0.39, 0.29) is 0 Å². The Hall–Kier alpha value is -2.97. The molecule has 4 nitrogen and oxygen atoms in total. The predicted molar refractivity (Wildman–Crippen MR) is 73.6 cm³/mol. The Kier molecular flexibility index (Phi) is 5.12. The minimum Gasteiger partial charge on any atom is -0.343 e. The Morgan fingerprint density at radius 2 is 1.54 bits per heavy atom. The maximum Gasteiger partial charge on any atom is 0.254 e. The molecule has 0 heterocycles. The Morgan fingerprint density at radius 1 is 0.875 bits per heavy atom. The molecule has 2 aromatic carbocycles. The second kappa shape index (κ2) is 7.07. The van der Waals surface area contributed by atoms with Crippen molar-refractivity contribution in [1.29, 1.82) is 0 Å². The zero-order chi connectivity index (χ0) is 17.9. The average molecular weight is 344 g/mol. The van der Waals surface area contributed by atoms with Crippen molar-refractivity contribution in [3.8, 4) is 0 Å². The van der Waals surface area contributed by atoms with Gasteiger partial charge in [0.25, 0.3) is 5.91 Å². The van der Waals surface area contributed by atoms with Gasteiger partial charge < -0.3 is 10.6 Å². The molecule has 2 rings (SSSR count). The van der Waals surface area contributed by atoms with Gasteiger partial charge in [-0.2, -0.15) is 0 Å². The highest BCUT2D eigenvalue weighted by Crippen LogP contribution is 2.19. The minimum atomic E-state index is -1.77. The summed E-state index contributed by atoms with van der Waals surface area (Å²) >= 11 is 0. The Labute approximate surface area is 132 Å². The average Bonchev–Trinajstić information content (AvgIpc) is 2.55. The normalized spacial score (nSPS) is 10.4. The highest BCUT2D eigenvalue weighted by atomic mass is 19.2. The molecule has 0 bridgehead atoms. The van der Waals surface area contributed by atoms with Crippen molar-refractivity contribution < 1.29 is 31.5 Å². The molecule has 0 atom stereocenters. The van der Waals surface area contributed by atoms with E-state index in [2.05, 4.69) is 0 Å². The lowest BCUT2D eigenvalue weighted by molar-refractivity contribution is -0.115. The van der Waals surface area contributed by atoms with Crippen LogP contribution in [0.15, 0.2) is 30.3 Å². The number of benzene rings is 2. The van der Waals surface area contributed by atoms with Crippen molar-refractivity contribution in [2.24, 2.45) is 0 Å². The summed E-state index contributed by atoms with van der Waals surface area (Å²) in [4.78, 5) is 23.2. The van der Waals surface area contributed by atoms with Crippen LogP contribution in [-0.2, 0) is 4.79 Å². The number of anilines is 1. The van der Waals surface area contributed by atoms with Crippen LogP contribution < -0.4 is 10.6 Å². The molecule has 0 spiro atoms. The Bertz CT molecular complexity index is 811. The van der Waals surface area contributed by atoms with Crippen LogP contribution in [0.4, 0.5) is 27.6 Å². The van der Waals surface area contributed by atoms with E-state index >= 15 is 0 Å². The molecule has 2 aromatic rings. The van der Waals surface area contributed by atoms with E-state index in [4.69, 9.17) is 0 Å². The summed E-state index contributed by atoms with van der Waals surface area (Å²) in [5, 5.41) is 3.89. The number of carbonyl (C=O) groups excluding carboxylic acids is 2. The molecule has 0 radical (unpaired) electrons. The fourth-order valence-electron chi connectivity index (χ4n) is 1.74. The fourth-order valence-corrected chi connectivity index (χ4v) is 1.74. The number of nitrogens with one attached hydrogen (secondary N) is 2. The molecule has 0 saturated carbocycles. The molecule has 0 saturated heterocycles. The number of amides is 2. The zero-order valence-corrected chi connectivity index (χ0v) is 11.8. The first kappa shape index (κ1) is 17.4. The summed E-state index contributed by atoms with van der Waals surface area (Å²) in [6.07, 6.45) is 0. The van der Waals surface area contributed by atoms with E-state index in [0.717, 1.165) is 18.2 Å². The lowest BCUT2D eigenvalue weighted by atomic mass is 10.2. The first-order chi connectivity index (χ1) is 11.3. The number of hydrogen-bond acceptors (Lipinski definition) is 2. The number of halogens is 5. The van der Waals surface area contributed by atoms with E-state index < -0.39 is 58.7 Å². The topological polar surface area (TPSA) is 58.2 Å². The molecule has 24 heavy (non-hydrogen) atoms. The van der Waals surface area contributed by atoms with Gasteiger partial charge in [0.05, 0.1) is 17.8 Å². The second-order valence-electron chi connectivity index (χ2n) is 4.58. The van der Waals surface area contributed by atoms with Crippen LogP contribution in [0.1, 0.15) is 10.4 Å². The lowest BCUT2D eigenvalue weighted by Crippen LogP contribution is -2.33. The molecular weight excluding hydrogens is 335 g/mol. The van der Waals surface area contributed by atoms with Crippen molar-refractivity contribution in [3.05, 3.63) is 65.0 Å². The minimum absolute atomic E-state index is 0.606. The quantitative estimate of drug-likeness (QED) is 0.662. The van der Waals surface area contributed by atoms with Gasteiger partial charge in [-0.3, -0.25) is 9.59 Å². The highest BCUT2D eigenvalue weighted by Gasteiger charge is 2.17. The molecular formula is C15H9F5N2O2. The molecule has 2 amide bonds. The van der Waals surface area contributed by atoms with E-state index in [9.17, 15) is 31.5 Å². The Balaban J connectivity index is 2.00. The van der Waals surface area contributed by atoms with Crippen LogP contribution in [0.3, 0.4) is 0 Å². The molecule has 0 aliphatic carbocycles. The van der Waals surface area contributed by atoms with Crippen LogP contribution in [0.2, 0.25) is 0 Å². The molecule has 126 valence electrons. The van der Waals surface area contributed by atoms with Crippen LogP contribution in [0, 0.1) is 29.1 Å².